The maximum absolute atomic E-state index is 10.0. The Balaban J connectivity index is 1.72. The van der Waals surface area contributed by atoms with Gasteiger partial charge in [0.15, 0.2) is 0 Å². The molecular weight excluding hydrogens is 252 g/mol. The first-order valence-electron chi connectivity index (χ1n) is 7.47. The second-order valence-electron chi connectivity index (χ2n) is 6.07. The van der Waals surface area contributed by atoms with Crippen LogP contribution in [0.5, 0.6) is 11.5 Å². The van der Waals surface area contributed by atoms with Crippen LogP contribution in [0.25, 0.3) is 0 Å². The van der Waals surface area contributed by atoms with Gasteiger partial charge in [-0.05, 0) is 44.5 Å². The van der Waals surface area contributed by atoms with Crippen LogP contribution in [-0.4, -0.2) is 54.2 Å². The summed E-state index contributed by atoms with van der Waals surface area (Å²) in [5.74, 6) is 1.18. The number of phenols is 1. The van der Waals surface area contributed by atoms with Crippen molar-refractivity contribution in [2.45, 2.75) is 37.9 Å². The normalized spacial score (nSPS) is 27.5. The van der Waals surface area contributed by atoms with Gasteiger partial charge in [-0.3, -0.25) is 9.80 Å². The Kier molecular flexibility index (Phi) is 3.85. The highest BCUT2D eigenvalue weighted by molar-refractivity contribution is 5.39. The minimum atomic E-state index is 0.369. The van der Waals surface area contributed by atoms with Crippen LogP contribution >= 0.6 is 0 Å². The van der Waals surface area contributed by atoms with Gasteiger partial charge in [0, 0.05) is 37.3 Å². The van der Waals surface area contributed by atoms with Gasteiger partial charge in [0.2, 0.25) is 0 Å². The van der Waals surface area contributed by atoms with E-state index in [2.05, 4.69) is 16.8 Å². The number of likely N-dealkylation sites (tertiary alicyclic amines) is 1. The van der Waals surface area contributed by atoms with Gasteiger partial charge < -0.3 is 9.84 Å². The molecule has 2 unspecified atom stereocenters. The molecular formula is C16H24N2O2. The summed E-state index contributed by atoms with van der Waals surface area (Å²) in [5, 5.41) is 10.0. The number of phenolic OH excluding ortho intramolecular Hbond substituents is 1. The third kappa shape index (κ3) is 2.63. The highest BCUT2D eigenvalue weighted by atomic mass is 16.5. The molecule has 1 N–H and O–H groups in total. The summed E-state index contributed by atoms with van der Waals surface area (Å²) in [5.41, 5.74) is 0.963. The van der Waals surface area contributed by atoms with E-state index in [1.54, 1.807) is 19.2 Å². The van der Waals surface area contributed by atoms with E-state index in [1.165, 1.54) is 19.3 Å². The van der Waals surface area contributed by atoms with E-state index in [0.717, 1.165) is 37.0 Å². The first kappa shape index (κ1) is 13.7. The number of aromatic hydroxyl groups is 1. The molecule has 2 heterocycles. The highest BCUT2D eigenvalue weighted by Gasteiger charge is 2.34. The molecule has 2 aliphatic heterocycles. The standard InChI is InChI=1S/C16H24N2O2/c1-17-13-3-4-14(17)11-18(8-7-13)10-12-9-15(20-2)5-6-16(12)19/h5-6,9,13-14,19H,3-4,7-8,10-11H2,1-2H3. The van der Waals surface area contributed by atoms with Gasteiger partial charge in [-0.2, -0.15) is 0 Å². The summed E-state index contributed by atoms with van der Waals surface area (Å²) >= 11 is 0. The highest BCUT2D eigenvalue weighted by Crippen LogP contribution is 2.30. The number of fused-ring (bicyclic) bond motifs is 2. The number of ether oxygens (including phenoxy) is 1. The zero-order valence-corrected chi connectivity index (χ0v) is 12.4. The van der Waals surface area contributed by atoms with Gasteiger partial charge in [-0.25, -0.2) is 0 Å². The van der Waals surface area contributed by atoms with Gasteiger partial charge in [0.1, 0.15) is 11.5 Å². The number of hydrogen-bond acceptors (Lipinski definition) is 4. The number of hydrogen-bond donors (Lipinski definition) is 1. The zero-order valence-electron chi connectivity index (χ0n) is 12.4. The molecule has 110 valence electrons. The van der Waals surface area contributed by atoms with Crippen LogP contribution in [0.1, 0.15) is 24.8 Å². The monoisotopic (exact) mass is 276 g/mol. The van der Waals surface area contributed by atoms with Crippen LogP contribution in [0.2, 0.25) is 0 Å². The fourth-order valence-electron chi connectivity index (χ4n) is 3.58. The minimum absolute atomic E-state index is 0.369. The van der Waals surface area contributed by atoms with Crippen LogP contribution in [-0.2, 0) is 6.54 Å². The van der Waals surface area contributed by atoms with E-state index in [9.17, 15) is 5.11 Å². The van der Waals surface area contributed by atoms with Crippen molar-refractivity contribution in [3.63, 3.8) is 0 Å². The summed E-state index contributed by atoms with van der Waals surface area (Å²) in [6, 6.07) is 6.91. The molecule has 2 atom stereocenters. The number of benzene rings is 1. The molecule has 1 aromatic carbocycles. The second kappa shape index (κ2) is 5.62. The Bertz CT molecular complexity index is 478. The summed E-state index contributed by atoms with van der Waals surface area (Å²) in [4.78, 5) is 5.01. The SMILES string of the molecule is COc1ccc(O)c(CN2CCC3CCC(C2)N3C)c1. The van der Waals surface area contributed by atoms with Crippen molar-refractivity contribution in [2.75, 3.05) is 27.2 Å². The Morgan fingerprint density at radius 1 is 1.25 bits per heavy atom. The molecule has 20 heavy (non-hydrogen) atoms. The fourth-order valence-corrected chi connectivity index (χ4v) is 3.58. The van der Waals surface area contributed by atoms with Crippen molar-refractivity contribution in [3.05, 3.63) is 23.8 Å². The maximum Gasteiger partial charge on any atom is 0.120 e. The lowest BCUT2D eigenvalue weighted by atomic mass is 10.1. The second-order valence-corrected chi connectivity index (χ2v) is 6.07. The lowest BCUT2D eigenvalue weighted by Gasteiger charge is -2.26. The molecule has 0 amide bonds. The molecule has 4 nitrogen and oxygen atoms in total. The van der Waals surface area contributed by atoms with E-state index in [0.29, 0.717) is 11.8 Å². The van der Waals surface area contributed by atoms with Crippen LogP contribution in [0, 0.1) is 0 Å². The molecule has 4 heteroatoms. The summed E-state index contributed by atoms with van der Waals surface area (Å²) in [6.45, 7) is 3.02. The lowest BCUT2D eigenvalue weighted by Crippen LogP contribution is -2.36. The van der Waals surface area contributed by atoms with Crippen molar-refractivity contribution in [2.24, 2.45) is 0 Å². The predicted octanol–water partition coefficient (Wildman–Crippen LogP) is 2.07. The van der Waals surface area contributed by atoms with E-state index < -0.39 is 0 Å². The number of nitrogens with zero attached hydrogens (tertiary/aromatic N) is 2. The van der Waals surface area contributed by atoms with Crippen LogP contribution in [0.3, 0.4) is 0 Å². The van der Waals surface area contributed by atoms with E-state index in [-0.39, 0.29) is 0 Å². The number of rotatable bonds is 3. The summed E-state index contributed by atoms with van der Waals surface area (Å²) < 4.78 is 5.25. The first-order chi connectivity index (χ1) is 9.67. The molecule has 2 saturated heterocycles. The van der Waals surface area contributed by atoms with Gasteiger partial charge in [0.05, 0.1) is 7.11 Å². The van der Waals surface area contributed by atoms with Crippen molar-refractivity contribution in [1.82, 2.24) is 9.80 Å². The van der Waals surface area contributed by atoms with Crippen molar-refractivity contribution >= 4 is 0 Å². The lowest BCUT2D eigenvalue weighted by molar-refractivity contribution is 0.213. The topological polar surface area (TPSA) is 35.9 Å². The maximum atomic E-state index is 10.0. The molecule has 3 rings (SSSR count). The smallest absolute Gasteiger partial charge is 0.120 e. The zero-order chi connectivity index (χ0) is 14.1. The third-order valence-electron chi connectivity index (χ3n) is 4.91. The van der Waals surface area contributed by atoms with Crippen LogP contribution in [0.4, 0.5) is 0 Å². The van der Waals surface area contributed by atoms with E-state index in [4.69, 9.17) is 4.74 Å². The fraction of sp³-hybridized carbons (Fsp3) is 0.625. The van der Waals surface area contributed by atoms with Gasteiger partial charge in [-0.15, -0.1) is 0 Å². The molecule has 1 aromatic rings. The Morgan fingerprint density at radius 3 is 2.85 bits per heavy atom. The molecule has 2 bridgehead atoms. The van der Waals surface area contributed by atoms with Crippen LogP contribution in [0.15, 0.2) is 18.2 Å². The molecule has 0 spiro atoms. The largest absolute Gasteiger partial charge is 0.508 e. The predicted molar refractivity (Wildman–Crippen MR) is 79.1 cm³/mol. The average Bonchev–Trinajstić information content (AvgIpc) is 2.69. The Labute approximate surface area is 120 Å². The van der Waals surface area contributed by atoms with Crippen molar-refractivity contribution in [1.29, 1.82) is 0 Å². The Hall–Kier alpha value is -1.26. The van der Waals surface area contributed by atoms with Gasteiger partial charge in [-0.1, -0.05) is 0 Å². The minimum Gasteiger partial charge on any atom is -0.508 e. The van der Waals surface area contributed by atoms with Crippen LogP contribution < -0.4 is 4.74 Å². The first-order valence-corrected chi connectivity index (χ1v) is 7.47. The van der Waals surface area contributed by atoms with E-state index in [1.807, 2.05) is 6.07 Å². The molecule has 0 radical (unpaired) electrons. The molecule has 0 aromatic heterocycles. The van der Waals surface area contributed by atoms with Gasteiger partial charge >= 0.3 is 0 Å². The number of likely N-dealkylation sites (N-methyl/N-ethyl adjacent to an activating group) is 1. The Morgan fingerprint density at radius 2 is 2.05 bits per heavy atom. The molecule has 0 saturated carbocycles. The van der Waals surface area contributed by atoms with Crippen molar-refractivity contribution in [3.8, 4) is 11.5 Å². The van der Waals surface area contributed by atoms with Gasteiger partial charge in [0.25, 0.3) is 0 Å². The van der Waals surface area contributed by atoms with E-state index >= 15 is 0 Å². The molecule has 2 aliphatic rings. The summed E-state index contributed by atoms with van der Waals surface area (Å²) in [7, 11) is 3.92. The molecule has 0 aliphatic carbocycles. The number of methoxy groups -OCH3 is 1. The quantitative estimate of drug-likeness (QED) is 0.917. The molecule has 2 fully saturated rings. The third-order valence-corrected chi connectivity index (χ3v) is 4.91. The summed E-state index contributed by atoms with van der Waals surface area (Å²) in [6.07, 6.45) is 3.89. The van der Waals surface area contributed by atoms with Crippen molar-refractivity contribution < 1.29 is 9.84 Å². The average molecular weight is 276 g/mol.